The molecule has 2 aromatic carbocycles. The van der Waals surface area contributed by atoms with Crippen LogP contribution in [-0.2, 0) is 28.8 Å². The van der Waals surface area contributed by atoms with Gasteiger partial charge < -0.3 is 14.9 Å². The molecule has 9 nitrogen and oxygen atoms in total. The van der Waals surface area contributed by atoms with E-state index in [9.17, 15) is 9.50 Å². The molecular weight excluding hydrogens is 477 g/mol. The average molecular weight is 514 g/mol. The van der Waals surface area contributed by atoms with Gasteiger partial charge in [-0.05, 0) is 74.4 Å². The number of aromatic amines is 1. The number of hydrogen-bond donors (Lipinski definition) is 3. The van der Waals surface area contributed by atoms with Crippen molar-refractivity contribution in [1.29, 1.82) is 0 Å². The number of likely N-dealkylation sites (tertiary alicyclic amines) is 1. The number of β-amino-alcohol motifs (C(OH)–C–C–N with tert-alkyl or cyclic N) is 1. The van der Waals surface area contributed by atoms with Crippen molar-refractivity contribution in [2.75, 3.05) is 19.7 Å². The summed E-state index contributed by atoms with van der Waals surface area (Å²) in [7, 11) is 0. The Morgan fingerprint density at radius 1 is 1.27 bits per heavy atom. The van der Waals surface area contributed by atoms with Crippen LogP contribution in [0.5, 0.6) is 0 Å². The Labute approximate surface area is 216 Å². The predicted octanol–water partition coefficient (Wildman–Crippen LogP) is 3.28. The highest BCUT2D eigenvalue weighted by Gasteiger charge is 2.27. The molecule has 0 aliphatic carbocycles. The van der Waals surface area contributed by atoms with E-state index in [0.29, 0.717) is 30.4 Å². The number of H-pyrrole nitrogens is 1. The van der Waals surface area contributed by atoms with Crippen molar-refractivity contribution in [2.45, 2.75) is 64.2 Å². The van der Waals surface area contributed by atoms with Gasteiger partial charge in [-0.2, -0.15) is 5.21 Å². The van der Waals surface area contributed by atoms with Crippen LogP contribution in [0.25, 0.3) is 0 Å². The van der Waals surface area contributed by atoms with E-state index < -0.39 is 6.10 Å². The quantitative estimate of drug-likeness (QED) is 0.334. The number of nitrogens with zero attached hydrogens (tertiary/aromatic N) is 4. The number of halogens is 1. The van der Waals surface area contributed by atoms with Gasteiger partial charge in [0, 0.05) is 19.0 Å². The van der Waals surface area contributed by atoms with E-state index >= 15 is 0 Å². The Balaban J connectivity index is 0.00000121. The zero-order chi connectivity index (χ0) is 26.6. The summed E-state index contributed by atoms with van der Waals surface area (Å²) in [6.45, 7) is 5.33. The molecule has 200 valence electrons. The van der Waals surface area contributed by atoms with Crippen LogP contribution in [0.2, 0.25) is 0 Å². The van der Waals surface area contributed by atoms with Gasteiger partial charge in [-0.3, -0.25) is 9.69 Å². The minimum absolute atomic E-state index is 0.138. The first-order chi connectivity index (χ1) is 17.9. The monoisotopic (exact) mass is 513 g/mol. The first-order valence-electron chi connectivity index (χ1n) is 12.6. The molecule has 10 heteroatoms. The molecule has 1 fully saturated rings. The number of hydrogen-bond acceptors (Lipinski definition) is 7. The van der Waals surface area contributed by atoms with E-state index in [1.54, 1.807) is 13.0 Å². The number of tetrazole rings is 1. The Bertz CT molecular complexity index is 1100. The van der Waals surface area contributed by atoms with Crippen LogP contribution < -0.4 is 0 Å². The van der Waals surface area contributed by atoms with Crippen LogP contribution in [0.15, 0.2) is 42.5 Å². The van der Waals surface area contributed by atoms with Crippen molar-refractivity contribution < 1.29 is 24.1 Å². The number of ether oxygens (including phenoxy) is 1. The largest absolute Gasteiger partial charge is 0.483 e. The van der Waals surface area contributed by atoms with Gasteiger partial charge in [-0.15, -0.1) is 10.2 Å². The van der Waals surface area contributed by atoms with Crippen molar-refractivity contribution in [3.05, 3.63) is 76.4 Å². The fourth-order valence-electron chi connectivity index (χ4n) is 4.76. The van der Waals surface area contributed by atoms with E-state index in [2.05, 4.69) is 37.7 Å². The van der Waals surface area contributed by atoms with Gasteiger partial charge in [0.15, 0.2) is 5.82 Å². The van der Waals surface area contributed by atoms with Crippen LogP contribution in [-0.4, -0.2) is 74.1 Å². The number of rotatable bonds is 11. The first-order valence-corrected chi connectivity index (χ1v) is 12.6. The molecule has 0 amide bonds. The van der Waals surface area contributed by atoms with E-state index in [1.807, 2.05) is 31.2 Å². The highest BCUT2D eigenvalue weighted by Crippen LogP contribution is 2.24. The van der Waals surface area contributed by atoms with Crippen molar-refractivity contribution >= 4 is 6.47 Å². The normalized spacial score (nSPS) is 17.1. The summed E-state index contributed by atoms with van der Waals surface area (Å²) in [6.07, 6.45) is 3.73. The average Bonchev–Trinajstić information content (AvgIpc) is 3.57. The number of carbonyl (C=O) groups is 1. The van der Waals surface area contributed by atoms with Crippen LogP contribution >= 0.6 is 0 Å². The molecule has 3 N–H and O–H groups in total. The molecule has 37 heavy (non-hydrogen) atoms. The zero-order valence-corrected chi connectivity index (χ0v) is 21.4. The number of aryl methyl sites for hydroxylation is 3. The molecule has 2 heterocycles. The topological polar surface area (TPSA) is 124 Å². The van der Waals surface area contributed by atoms with Gasteiger partial charge in [0.1, 0.15) is 5.82 Å². The first kappa shape index (κ1) is 28.4. The molecule has 0 bridgehead atoms. The number of benzene rings is 2. The van der Waals surface area contributed by atoms with Gasteiger partial charge in [-0.1, -0.05) is 41.6 Å². The molecule has 4 rings (SSSR count). The molecule has 1 aliphatic heterocycles. The van der Waals surface area contributed by atoms with Crippen molar-refractivity contribution in [1.82, 2.24) is 25.5 Å². The number of nitrogens with one attached hydrogen (secondary N) is 1. The minimum atomic E-state index is -0.579. The standard InChI is InChI=1S/C26H34FN5O2.CH2O2/c1-18-9-10-20(15-25(18)27)14-22-7-5-13-32(22)16-23(33)17-34-19(2)24-8-4-3-6-21(24)11-12-26-28-30-31-29-26;2-1-3/h3-4,6,8-10,15,19,22-23,33H,5,7,11-14,16-17H2,1-2H3,(H,28,29,30,31);1H,(H,2,3)/t19-,22+,23-;/m1./s1. The Morgan fingerprint density at radius 2 is 2.05 bits per heavy atom. The lowest BCUT2D eigenvalue weighted by atomic mass is 9.99. The lowest BCUT2D eigenvalue weighted by Crippen LogP contribution is -2.39. The van der Waals surface area contributed by atoms with Crippen molar-refractivity contribution in [2.24, 2.45) is 0 Å². The third-order valence-corrected chi connectivity index (χ3v) is 6.69. The lowest BCUT2D eigenvalue weighted by molar-refractivity contribution is -0.122. The fraction of sp³-hybridized carbons (Fsp3) is 0.481. The number of carboxylic acid groups (broad SMARTS) is 1. The summed E-state index contributed by atoms with van der Waals surface area (Å²) in [5.41, 5.74) is 3.97. The summed E-state index contributed by atoms with van der Waals surface area (Å²) >= 11 is 0. The third kappa shape index (κ3) is 8.70. The fourth-order valence-corrected chi connectivity index (χ4v) is 4.76. The zero-order valence-electron chi connectivity index (χ0n) is 21.4. The highest BCUT2D eigenvalue weighted by atomic mass is 19.1. The minimum Gasteiger partial charge on any atom is -0.483 e. The molecule has 0 saturated carbocycles. The Hall–Kier alpha value is -3.21. The molecule has 1 aliphatic rings. The molecular formula is C27H36FN5O4. The molecule has 1 aromatic heterocycles. The molecule has 0 unspecified atom stereocenters. The SMILES string of the molecule is Cc1ccc(C[C@@H]2CCCN2C[C@@H](O)CO[C@H](C)c2ccccc2CCc2nn[nH]n2)cc1F.O=CO. The van der Waals surface area contributed by atoms with Crippen molar-refractivity contribution in [3.8, 4) is 0 Å². The van der Waals surface area contributed by atoms with E-state index in [-0.39, 0.29) is 25.0 Å². The van der Waals surface area contributed by atoms with Crippen LogP contribution in [0, 0.1) is 12.7 Å². The van der Waals surface area contributed by atoms with Crippen LogP contribution in [0.3, 0.4) is 0 Å². The third-order valence-electron chi connectivity index (χ3n) is 6.69. The number of aliphatic hydroxyl groups excluding tert-OH is 1. The lowest BCUT2D eigenvalue weighted by Gasteiger charge is -2.27. The summed E-state index contributed by atoms with van der Waals surface area (Å²) in [4.78, 5) is 10.7. The molecule has 3 aromatic rings. The maximum absolute atomic E-state index is 13.9. The maximum Gasteiger partial charge on any atom is 0.290 e. The predicted molar refractivity (Wildman–Crippen MR) is 137 cm³/mol. The molecule has 0 radical (unpaired) electrons. The molecule has 1 saturated heterocycles. The van der Waals surface area contributed by atoms with Gasteiger partial charge >= 0.3 is 0 Å². The Morgan fingerprint density at radius 3 is 2.78 bits per heavy atom. The highest BCUT2D eigenvalue weighted by molar-refractivity contribution is 5.32. The van der Waals surface area contributed by atoms with Gasteiger partial charge in [0.05, 0.1) is 18.8 Å². The van der Waals surface area contributed by atoms with Crippen molar-refractivity contribution in [3.63, 3.8) is 0 Å². The van der Waals surface area contributed by atoms with Gasteiger partial charge in [0.2, 0.25) is 0 Å². The van der Waals surface area contributed by atoms with E-state index in [1.165, 1.54) is 5.56 Å². The van der Waals surface area contributed by atoms with Gasteiger partial charge in [-0.25, -0.2) is 4.39 Å². The summed E-state index contributed by atoms with van der Waals surface area (Å²) in [5.74, 6) is 0.536. The van der Waals surface area contributed by atoms with E-state index in [0.717, 1.165) is 43.4 Å². The second-order valence-corrected chi connectivity index (χ2v) is 9.34. The smallest absolute Gasteiger partial charge is 0.290 e. The summed E-state index contributed by atoms with van der Waals surface area (Å²) in [5, 5.41) is 31.7. The van der Waals surface area contributed by atoms with Crippen LogP contribution in [0.1, 0.15) is 53.9 Å². The number of aromatic nitrogens is 4. The molecule has 3 atom stereocenters. The van der Waals surface area contributed by atoms with Crippen LogP contribution in [0.4, 0.5) is 4.39 Å². The summed E-state index contributed by atoms with van der Waals surface area (Å²) < 4.78 is 20.0. The molecule has 0 spiro atoms. The maximum atomic E-state index is 13.9. The number of aliphatic hydroxyl groups is 1. The summed E-state index contributed by atoms with van der Waals surface area (Å²) in [6, 6.07) is 14.0. The van der Waals surface area contributed by atoms with Gasteiger partial charge in [0.25, 0.3) is 6.47 Å². The Kier molecular flexibility index (Phi) is 11.1. The van der Waals surface area contributed by atoms with E-state index in [4.69, 9.17) is 14.6 Å². The second-order valence-electron chi connectivity index (χ2n) is 9.34. The second kappa shape index (κ2) is 14.5.